The molecule has 1 fully saturated rings. The molecule has 9 heteroatoms. The van der Waals surface area contributed by atoms with Crippen molar-refractivity contribution in [1.29, 1.82) is 0 Å². The molecule has 1 atom stereocenters. The zero-order valence-corrected chi connectivity index (χ0v) is 10.3. The second-order valence-corrected chi connectivity index (χ2v) is 5.61. The highest BCUT2D eigenvalue weighted by Gasteiger charge is 2.20. The summed E-state index contributed by atoms with van der Waals surface area (Å²) in [4.78, 5) is 24.1. The SMILES string of the molecule is NS(=O)(=O)c1cn(CC2CCCO2)c(=O)[nH]c1=O. The maximum absolute atomic E-state index is 11.5. The highest BCUT2D eigenvalue weighted by Crippen LogP contribution is 2.13. The van der Waals surface area contributed by atoms with Gasteiger partial charge in [-0.15, -0.1) is 0 Å². The van der Waals surface area contributed by atoms with Gasteiger partial charge in [0.25, 0.3) is 5.56 Å². The van der Waals surface area contributed by atoms with Crippen molar-refractivity contribution in [2.45, 2.75) is 30.4 Å². The van der Waals surface area contributed by atoms with E-state index in [0.29, 0.717) is 6.61 Å². The topological polar surface area (TPSA) is 124 Å². The van der Waals surface area contributed by atoms with Gasteiger partial charge in [-0.3, -0.25) is 14.3 Å². The summed E-state index contributed by atoms with van der Waals surface area (Å²) in [6, 6.07) is 0. The van der Waals surface area contributed by atoms with E-state index >= 15 is 0 Å². The molecule has 1 aromatic rings. The van der Waals surface area contributed by atoms with E-state index in [9.17, 15) is 18.0 Å². The molecule has 2 heterocycles. The molecule has 0 aliphatic carbocycles. The summed E-state index contributed by atoms with van der Waals surface area (Å²) >= 11 is 0. The molecule has 0 aromatic carbocycles. The minimum atomic E-state index is -4.15. The van der Waals surface area contributed by atoms with E-state index in [1.54, 1.807) is 0 Å². The van der Waals surface area contributed by atoms with Gasteiger partial charge in [-0.25, -0.2) is 18.4 Å². The number of aromatic nitrogens is 2. The van der Waals surface area contributed by atoms with Crippen molar-refractivity contribution in [3.63, 3.8) is 0 Å². The van der Waals surface area contributed by atoms with E-state index < -0.39 is 26.2 Å². The zero-order chi connectivity index (χ0) is 13.3. The number of nitrogens with one attached hydrogen (secondary N) is 1. The van der Waals surface area contributed by atoms with Crippen LogP contribution < -0.4 is 16.4 Å². The Labute approximate surface area is 102 Å². The molecule has 1 aliphatic rings. The second-order valence-electron chi connectivity index (χ2n) is 4.09. The van der Waals surface area contributed by atoms with Crippen LogP contribution in [0.2, 0.25) is 0 Å². The lowest BCUT2D eigenvalue weighted by Gasteiger charge is -2.11. The molecule has 1 saturated heterocycles. The minimum Gasteiger partial charge on any atom is -0.376 e. The van der Waals surface area contributed by atoms with Crippen LogP contribution in [0.1, 0.15) is 12.8 Å². The molecule has 2 rings (SSSR count). The standard InChI is InChI=1S/C9H13N3O5S/c10-18(15,16)7-5-12(9(14)11-8(7)13)4-6-2-1-3-17-6/h5-6H,1-4H2,(H2,10,15,16)(H,11,13,14). The predicted octanol–water partition coefficient (Wildman–Crippen LogP) is -1.64. The normalized spacial score (nSPS) is 20.2. The van der Waals surface area contributed by atoms with Crippen molar-refractivity contribution >= 4 is 10.0 Å². The van der Waals surface area contributed by atoms with Gasteiger partial charge in [-0.05, 0) is 12.8 Å². The molecule has 0 radical (unpaired) electrons. The van der Waals surface area contributed by atoms with Crippen LogP contribution in [0.15, 0.2) is 20.7 Å². The summed E-state index contributed by atoms with van der Waals surface area (Å²) < 4.78 is 28.8. The number of rotatable bonds is 3. The molecule has 1 aliphatic heterocycles. The number of nitrogens with zero attached hydrogens (tertiary/aromatic N) is 1. The number of aromatic amines is 1. The van der Waals surface area contributed by atoms with Crippen LogP contribution in [-0.2, 0) is 21.3 Å². The van der Waals surface area contributed by atoms with E-state index in [1.807, 2.05) is 4.98 Å². The highest BCUT2D eigenvalue weighted by molar-refractivity contribution is 7.89. The van der Waals surface area contributed by atoms with E-state index in [0.717, 1.165) is 23.6 Å². The van der Waals surface area contributed by atoms with Gasteiger partial charge in [0.05, 0.1) is 12.6 Å². The molecule has 0 spiro atoms. The minimum absolute atomic E-state index is 0.151. The molecule has 100 valence electrons. The van der Waals surface area contributed by atoms with Crippen LogP contribution >= 0.6 is 0 Å². The summed E-state index contributed by atoms with van der Waals surface area (Å²) in [6.07, 6.45) is 2.49. The molecule has 1 aromatic heterocycles. The lowest BCUT2D eigenvalue weighted by molar-refractivity contribution is 0.0955. The number of hydrogen-bond acceptors (Lipinski definition) is 5. The first kappa shape index (κ1) is 13.0. The Hall–Kier alpha value is -1.45. The van der Waals surface area contributed by atoms with E-state index in [4.69, 9.17) is 9.88 Å². The van der Waals surface area contributed by atoms with Crippen LogP contribution in [0.25, 0.3) is 0 Å². The first-order chi connectivity index (χ1) is 8.38. The Morgan fingerprint density at radius 3 is 2.78 bits per heavy atom. The van der Waals surface area contributed by atoms with E-state index in [-0.39, 0.29) is 12.6 Å². The van der Waals surface area contributed by atoms with Gasteiger partial charge in [0.1, 0.15) is 0 Å². The van der Waals surface area contributed by atoms with Gasteiger partial charge in [-0.1, -0.05) is 0 Å². The number of H-pyrrole nitrogens is 1. The molecule has 1 unspecified atom stereocenters. The average Bonchev–Trinajstić information content (AvgIpc) is 2.72. The van der Waals surface area contributed by atoms with Gasteiger partial charge in [-0.2, -0.15) is 0 Å². The maximum Gasteiger partial charge on any atom is 0.328 e. The fraction of sp³-hybridized carbons (Fsp3) is 0.556. The summed E-state index contributed by atoms with van der Waals surface area (Å²) in [6.45, 7) is 0.808. The third kappa shape index (κ3) is 2.68. The number of hydrogen-bond donors (Lipinski definition) is 2. The van der Waals surface area contributed by atoms with Crippen molar-refractivity contribution < 1.29 is 13.2 Å². The first-order valence-electron chi connectivity index (χ1n) is 5.36. The quantitative estimate of drug-likeness (QED) is 0.684. The summed E-state index contributed by atoms with van der Waals surface area (Å²) in [5.41, 5.74) is -1.69. The van der Waals surface area contributed by atoms with Crippen LogP contribution in [-0.4, -0.2) is 30.7 Å². The molecule has 0 saturated carbocycles. The molecule has 18 heavy (non-hydrogen) atoms. The molecule has 3 N–H and O–H groups in total. The van der Waals surface area contributed by atoms with Gasteiger partial charge in [0.2, 0.25) is 10.0 Å². The fourth-order valence-electron chi connectivity index (χ4n) is 1.84. The van der Waals surface area contributed by atoms with Gasteiger partial charge >= 0.3 is 5.69 Å². The third-order valence-electron chi connectivity index (χ3n) is 2.71. The zero-order valence-electron chi connectivity index (χ0n) is 9.46. The molecule has 8 nitrogen and oxygen atoms in total. The summed E-state index contributed by atoms with van der Waals surface area (Å²) in [5, 5.41) is 4.89. The summed E-state index contributed by atoms with van der Waals surface area (Å²) in [5.74, 6) is 0. The van der Waals surface area contributed by atoms with Gasteiger partial charge in [0.15, 0.2) is 4.90 Å². The lowest BCUT2D eigenvalue weighted by Crippen LogP contribution is -2.36. The smallest absolute Gasteiger partial charge is 0.328 e. The lowest BCUT2D eigenvalue weighted by atomic mass is 10.2. The van der Waals surface area contributed by atoms with Crippen molar-refractivity contribution in [2.75, 3.05) is 6.61 Å². The van der Waals surface area contributed by atoms with Crippen molar-refractivity contribution in [3.8, 4) is 0 Å². The van der Waals surface area contributed by atoms with Crippen LogP contribution in [0, 0.1) is 0 Å². The number of ether oxygens (including phenoxy) is 1. The monoisotopic (exact) mass is 275 g/mol. The Morgan fingerprint density at radius 1 is 1.50 bits per heavy atom. The first-order valence-corrected chi connectivity index (χ1v) is 6.91. The average molecular weight is 275 g/mol. The van der Waals surface area contributed by atoms with Crippen LogP contribution in [0.4, 0.5) is 0 Å². The Balaban J connectivity index is 2.41. The van der Waals surface area contributed by atoms with Crippen LogP contribution in [0.5, 0.6) is 0 Å². The van der Waals surface area contributed by atoms with Crippen LogP contribution in [0.3, 0.4) is 0 Å². The largest absolute Gasteiger partial charge is 0.376 e. The molecule has 0 bridgehead atoms. The summed E-state index contributed by atoms with van der Waals surface area (Å²) in [7, 11) is -4.15. The van der Waals surface area contributed by atoms with Gasteiger partial charge in [0, 0.05) is 12.8 Å². The van der Waals surface area contributed by atoms with E-state index in [1.165, 1.54) is 0 Å². The van der Waals surface area contributed by atoms with E-state index in [2.05, 4.69) is 0 Å². The van der Waals surface area contributed by atoms with Crippen molar-refractivity contribution in [3.05, 3.63) is 27.0 Å². The number of primary sulfonamides is 1. The molecular formula is C9H13N3O5S. The Bertz CT molecular complexity index is 654. The maximum atomic E-state index is 11.5. The number of sulfonamides is 1. The van der Waals surface area contributed by atoms with Crippen molar-refractivity contribution in [1.82, 2.24) is 9.55 Å². The Kier molecular flexibility index (Phi) is 3.37. The Morgan fingerprint density at radius 2 is 2.22 bits per heavy atom. The van der Waals surface area contributed by atoms with Crippen molar-refractivity contribution in [2.24, 2.45) is 5.14 Å². The predicted molar refractivity (Wildman–Crippen MR) is 61.7 cm³/mol. The fourth-order valence-corrected chi connectivity index (χ4v) is 2.42. The number of nitrogens with two attached hydrogens (primary N) is 1. The molecule has 0 amide bonds. The second kappa shape index (κ2) is 4.67. The third-order valence-corrected chi connectivity index (χ3v) is 3.61. The highest BCUT2D eigenvalue weighted by atomic mass is 32.2. The molecular weight excluding hydrogens is 262 g/mol. The van der Waals surface area contributed by atoms with Gasteiger partial charge < -0.3 is 4.74 Å².